The van der Waals surface area contributed by atoms with Crippen molar-refractivity contribution in [2.45, 2.75) is 46.2 Å². The summed E-state index contributed by atoms with van der Waals surface area (Å²) >= 11 is 0. The lowest BCUT2D eigenvalue weighted by Crippen LogP contribution is -2.51. The molecular formula is C22H31N3O2. The van der Waals surface area contributed by atoms with Gasteiger partial charge >= 0.3 is 0 Å². The molecule has 0 aliphatic heterocycles. The highest BCUT2D eigenvalue weighted by Crippen LogP contribution is 2.20. The minimum absolute atomic E-state index is 0.0175. The van der Waals surface area contributed by atoms with Crippen molar-refractivity contribution < 1.29 is 9.59 Å². The number of hydrogen-bond acceptors (Lipinski definition) is 3. The van der Waals surface area contributed by atoms with Gasteiger partial charge in [-0.15, -0.1) is 0 Å². The molecule has 0 heterocycles. The van der Waals surface area contributed by atoms with E-state index in [4.69, 9.17) is 5.73 Å². The molecule has 0 fully saturated rings. The zero-order chi connectivity index (χ0) is 20.0. The van der Waals surface area contributed by atoms with Crippen LogP contribution in [0.4, 0.5) is 0 Å². The quantitative estimate of drug-likeness (QED) is 0.668. The molecule has 146 valence electrons. The van der Waals surface area contributed by atoms with Gasteiger partial charge in [-0.2, -0.15) is 0 Å². The minimum atomic E-state index is -0.578. The first kappa shape index (κ1) is 20.9. The highest BCUT2D eigenvalue weighted by atomic mass is 16.2. The fraction of sp³-hybridized carbons (Fsp3) is 0.455. The summed E-state index contributed by atoms with van der Waals surface area (Å²) in [5, 5.41) is 8.12. The van der Waals surface area contributed by atoms with Crippen molar-refractivity contribution in [3.63, 3.8) is 0 Å². The molecule has 5 heteroatoms. The highest BCUT2D eigenvalue weighted by Gasteiger charge is 2.26. The zero-order valence-electron chi connectivity index (χ0n) is 16.7. The van der Waals surface area contributed by atoms with Crippen LogP contribution in [0.25, 0.3) is 10.8 Å². The van der Waals surface area contributed by atoms with E-state index in [-0.39, 0.29) is 36.2 Å². The molecule has 0 bridgehead atoms. The lowest BCUT2D eigenvalue weighted by Gasteiger charge is -2.25. The Morgan fingerprint density at radius 1 is 0.963 bits per heavy atom. The van der Waals surface area contributed by atoms with Crippen molar-refractivity contribution in [1.29, 1.82) is 0 Å². The largest absolute Gasteiger partial charge is 0.346 e. The molecule has 0 saturated carbocycles. The van der Waals surface area contributed by atoms with Crippen molar-refractivity contribution in [2.24, 2.45) is 17.6 Å². The summed E-state index contributed by atoms with van der Waals surface area (Å²) in [5.41, 5.74) is 6.90. The molecule has 2 atom stereocenters. The Kier molecular flexibility index (Phi) is 7.36. The van der Waals surface area contributed by atoms with Crippen LogP contribution in [0.15, 0.2) is 42.5 Å². The van der Waals surface area contributed by atoms with E-state index in [1.807, 2.05) is 64.1 Å². The molecule has 2 aromatic rings. The molecule has 0 saturated heterocycles. The fourth-order valence-electron chi connectivity index (χ4n) is 3.10. The van der Waals surface area contributed by atoms with Gasteiger partial charge in [0.2, 0.25) is 11.8 Å². The van der Waals surface area contributed by atoms with Gasteiger partial charge in [0.05, 0.1) is 6.04 Å². The van der Waals surface area contributed by atoms with Gasteiger partial charge in [-0.05, 0) is 34.2 Å². The van der Waals surface area contributed by atoms with E-state index in [1.54, 1.807) is 0 Å². The third-order valence-electron chi connectivity index (χ3n) is 4.59. The van der Waals surface area contributed by atoms with Gasteiger partial charge < -0.3 is 16.4 Å². The van der Waals surface area contributed by atoms with E-state index in [9.17, 15) is 9.59 Å². The van der Waals surface area contributed by atoms with Gasteiger partial charge in [-0.3, -0.25) is 9.59 Å². The molecule has 2 unspecified atom stereocenters. The van der Waals surface area contributed by atoms with Crippen LogP contribution in [-0.4, -0.2) is 24.4 Å². The monoisotopic (exact) mass is 369 g/mol. The van der Waals surface area contributed by atoms with Crippen LogP contribution in [-0.2, 0) is 9.59 Å². The summed E-state index contributed by atoms with van der Waals surface area (Å²) in [6.07, 6.45) is 0.404. The number of nitrogens with two attached hydrogens (primary N) is 1. The van der Waals surface area contributed by atoms with Gasteiger partial charge in [0.25, 0.3) is 0 Å². The van der Waals surface area contributed by atoms with Crippen LogP contribution in [0, 0.1) is 11.8 Å². The summed E-state index contributed by atoms with van der Waals surface area (Å²) in [4.78, 5) is 25.0. The Bertz CT molecular complexity index is 786. The maximum Gasteiger partial charge on any atom is 0.243 e. The van der Waals surface area contributed by atoms with Gasteiger partial charge in [-0.25, -0.2) is 0 Å². The molecule has 5 nitrogen and oxygen atoms in total. The molecule has 27 heavy (non-hydrogen) atoms. The average molecular weight is 370 g/mol. The van der Waals surface area contributed by atoms with Crippen molar-refractivity contribution in [1.82, 2.24) is 10.6 Å². The van der Waals surface area contributed by atoms with Gasteiger partial charge in [0.1, 0.15) is 6.04 Å². The van der Waals surface area contributed by atoms with Crippen LogP contribution in [0.2, 0.25) is 0 Å². The van der Waals surface area contributed by atoms with Crippen LogP contribution in [0.1, 0.15) is 45.7 Å². The van der Waals surface area contributed by atoms with Gasteiger partial charge in [-0.1, -0.05) is 64.1 Å². The number of hydrogen-bond donors (Lipinski definition) is 3. The molecular weight excluding hydrogens is 338 g/mol. The molecule has 2 amide bonds. The van der Waals surface area contributed by atoms with Crippen LogP contribution in [0.3, 0.4) is 0 Å². The summed E-state index contributed by atoms with van der Waals surface area (Å²) < 4.78 is 0. The predicted molar refractivity (Wildman–Crippen MR) is 110 cm³/mol. The van der Waals surface area contributed by atoms with Crippen LogP contribution < -0.4 is 16.4 Å². The summed E-state index contributed by atoms with van der Waals surface area (Å²) in [7, 11) is 0. The van der Waals surface area contributed by atoms with E-state index >= 15 is 0 Å². The number of amides is 2. The maximum atomic E-state index is 12.8. The molecule has 0 radical (unpaired) electrons. The van der Waals surface area contributed by atoms with Crippen LogP contribution >= 0.6 is 0 Å². The Morgan fingerprint density at radius 3 is 2.22 bits per heavy atom. The molecule has 0 aliphatic rings. The SMILES string of the molecule is CC(C)CC(=O)NC(C(=O)NC(CN)c1ccc2ccccc2c1)C(C)C. The zero-order valence-corrected chi connectivity index (χ0v) is 16.7. The Hall–Kier alpha value is -2.40. The smallest absolute Gasteiger partial charge is 0.243 e. The van der Waals surface area contributed by atoms with Crippen molar-refractivity contribution in [2.75, 3.05) is 6.54 Å². The molecule has 0 aromatic heterocycles. The third-order valence-corrected chi connectivity index (χ3v) is 4.59. The topological polar surface area (TPSA) is 84.2 Å². The first-order valence-corrected chi connectivity index (χ1v) is 9.60. The van der Waals surface area contributed by atoms with Crippen molar-refractivity contribution in [3.05, 3.63) is 48.0 Å². The first-order valence-electron chi connectivity index (χ1n) is 9.60. The predicted octanol–water partition coefficient (Wildman–Crippen LogP) is 3.14. The van der Waals surface area contributed by atoms with E-state index < -0.39 is 6.04 Å². The minimum Gasteiger partial charge on any atom is -0.346 e. The number of carbonyl (C=O) groups is 2. The lowest BCUT2D eigenvalue weighted by molar-refractivity contribution is -0.130. The molecule has 4 N–H and O–H groups in total. The van der Waals surface area contributed by atoms with E-state index in [0.717, 1.165) is 16.3 Å². The normalized spacial score (nSPS) is 13.6. The van der Waals surface area contributed by atoms with E-state index in [0.29, 0.717) is 6.42 Å². The number of nitrogens with one attached hydrogen (secondary N) is 2. The van der Waals surface area contributed by atoms with Crippen molar-refractivity contribution in [3.8, 4) is 0 Å². The second kappa shape index (κ2) is 9.51. The van der Waals surface area contributed by atoms with E-state index in [1.165, 1.54) is 0 Å². The number of rotatable bonds is 8. The molecule has 2 rings (SSSR count). The maximum absolute atomic E-state index is 12.8. The summed E-state index contributed by atoms with van der Waals surface area (Å²) in [5.74, 6) is -0.0778. The molecule has 2 aromatic carbocycles. The number of fused-ring (bicyclic) bond motifs is 1. The van der Waals surface area contributed by atoms with Crippen LogP contribution in [0.5, 0.6) is 0 Å². The molecule has 0 spiro atoms. The Balaban J connectivity index is 2.13. The standard InChI is InChI=1S/C22H31N3O2/c1-14(2)11-20(26)25-21(15(3)4)22(27)24-19(13-23)18-10-9-16-7-5-6-8-17(16)12-18/h5-10,12,14-15,19,21H,11,13,23H2,1-4H3,(H,24,27)(H,25,26). The Labute approximate surface area is 161 Å². The number of carbonyl (C=O) groups excluding carboxylic acids is 2. The third kappa shape index (κ3) is 5.79. The first-order chi connectivity index (χ1) is 12.8. The highest BCUT2D eigenvalue weighted by molar-refractivity contribution is 5.88. The molecule has 0 aliphatic carbocycles. The van der Waals surface area contributed by atoms with E-state index in [2.05, 4.69) is 16.7 Å². The second-order valence-electron chi connectivity index (χ2n) is 7.79. The summed E-state index contributed by atoms with van der Waals surface area (Å²) in [6, 6.07) is 13.3. The summed E-state index contributed by atoms with van der Waals surface area (Å²) in [6.45, 7) is 8.10. The fourth-order valence-corrected chi connectivity index (χ4v) is 3.10. The number of benzene rings is 2. The van der Waals surface area contributed by atoms with Gasteiger partial charge in [0, 0.05) is 13.0 Å². The average Bonchev–Trinajstić information content (AvgIpc) is 2.62. The second-order valence-corrected chi connectivity index (χ2v) is 7.79. The van der Waals surface area contributed by atoms with Gasteiger partial charge in [0.15, 0.2) is 0 Å². The Morgan fingerprint density at radius 2 is 1.63 bits per heavy atom. The lowest BCUT2D eigenvalue weighted by atomic mass is 9.99. The van der Waals surface area contributed by atoms with Crippen molar-refractivity contribution >= 4 is 22.6 Å².